The second-order valence-electron chi connectivity index (χ2n) is 2.65. The molecule has 0 fully saturated rings. The maximum Gasteiger partial charge on any atom is 0.160 e. The first-order valence-corrected chi connectivity index (χ1v) is 5.13. The van der Waals surface area contributed by atoms with E-state index in [4.69, 9.17) is 4.55 Å². The molecule has 0 radical (unpaired) electrons. The molecule has 2 unspecified atom stereocenters. The quantitative estimate of drug-likeness (QED) is 0.761. The van der Waals surface area contributed by atoms with Crippen LogP contribution in [0.4, 0.5) is 4.39 Å². The predicted molar refractivity (Wildman–Crippen MR) is 50.5 cm³/mol. The van der Waals surface area contributed by atoms with E-state index in [0.29, 0.717) is 5.56 Å². The summed E-state index contributed by atoms with van der Waals surface area (Å²) in [5.41, 5.74) is 0.709. The summed E-state index contributed by atoms with van der Waals surface area (Å²) in [4.78, 5) is 0. The van der Waals surface area contributed by atoms with E-state index in [1.165, 1.54) is 0 Å². The molecule has 0 saturated heterocycles. The lowest BCUT2D eigenvalue weighted by molar-refractivity contribution is 0.456. The molecule has 2 nitrogen and oxygen atoms in total. The average molecular weight is 202 g/mol. The van der Waals surface area contributed by atoms with Gasteiger partial charge >= 0.3 is 0 Å². The molecule has 0 heterocycles. The van der Waals surface area contributed by atoms with Crippen molar-refractivity contribution in [2.75, 3.05) is 6.67 Å². The first-order chi connectivity index (χ1) is 6.25. The largest absolute Gasteiger partial charge is 0.306 e. The molecule has 0 aliphatic carbocycles. The highest BCUT2D eigenvalue weighted by Crippen LogP contribution is 2.22. The van der Waals surface area contributed by atoms with Gasteiger partial charge in [0, 0.05) is 0 Å². The van der Waals surface area contributed by atoms with Gasteiger partial charge in [-0.2, -0.15) is 0 Å². The van der Waals surface area contributed by atoms with Crippen LogP contribution in [0.2, 0.25) is 0 Å². The SMILES string of the molecule is O=S(O)C(CCF)c1ccccc1. The van der Waals surface area contributed by atoms with Gasteiger partial charge < -0.3 is 4.55 Å². The Morgan fingerprint density at radius 1 is 1.38 bits per heavy atom. The van der Waals surface area contributed by atoms with Gasteiger partial charge in [-0.05, 0) is 12.0 Å². The molecular formula is C9H11FO2S. The third-order valence-corrected chi connectivity index (χ3v) is 2.78. The monoisotopic (exact) mass is 202 g/mol. The molecule has 0 aliphatic rings. The molecule has 1 rings (SSSR count). The number of benzene rings is 1. The van der Waals surface area contributed by atoms with Gasteiger partial charge in [-0.15, -0.1) is 0 Å². The molecule has 4 heteroatoms. The van der Waals surface area contributed by atoms with Gasteiger partial charge in [-0.25, -0.2) is 4.21 Å². The summed E-state index contributed by atoms with van der Waals surface area (Å²) >= 11 is -1.99. The Hall–Kier alpha value is -0.740. The molecule has 1 aromatic carbocycles. The highest BCUT2D eigenvalue weighted by Gasteiger charge is 2.16. The van der Waals surface area contributed by atoms with Gasteiger partial charge in [-0.1, -0.05) is 30.3 Å². The van der Waals surface area contributed by atoms with Crippen LogP contribution in [-0.4, -0.2) is 15.4 Å². The Bertz CT molecular complexity index is 276. The topological polar surface area (TPSA) is 37.3 Å². The summed E-state index contributed by atoms with van der Waals surface area (Å²) in [5.74, 6) is 0. The highest BCUT2D eigenvalue weighted by atomic mass is 32.2. The van der Waals surface area contributed by atoms with Crippen molar-refractivity contribution >= 4 is 11.1 Å². The fraction of sp³-hybridized carbons (Fsp3) is 0.333. The molecule has 1 aromatic rings. The second-order valence-corrected chi connectivity index (χ2v) is 3.77. The molecule has 0 amide bonds. The van der Waals surface area contributed by atoms with Crippen LogP contribution in [-0.2, 0) is 11.1 Å². The van der Waals surface area contributed by atoms with Crippen LogP contribution in [0.3, 0.4) is 0 Å². The minimum atomic E-state index is -1.99. The summed E-state index contributed by atoms with van der Waals surface area (Å²) in [6, 6.07) is 8.82. The zero-order valence-corrected chi connectivity index (χ0v) is 7.84. The van der Waals surface area contributed by atoms with Crippen molar-refractivity contribution in [3.05, 3.63) is 35.9 Å². The lowest BCUT2D eigenvalue weighted by Gasteiger charge is -2.10. The Balaban J connectivity index is 2.82. The van der Waals surface area contributed by atoms with Crippen molar-refractivity contribution < 1.29 is 13.2 Å². The van der Waals surface area contributed by atoms with Crippen molar-refractivity contribution in [1.29, 1.82) is 0 Å². The first kappa shape index (κ1) is 10.3. The Labute approximate surface area is 79.1 Å². The van der Waals surface area contributed by atoms with Crippen molar-refractivity contribution in [3.8, 4) is 0 Å². The van der Waals surface area contributed by atoms with Crippen molar-refractivity contribution in [2.24, 2.45) is 0 Å². The van der Waals surface area contributed by atoms with Gasteiger partial charge in [0.25, 0.3) is 0 Å². The fourth-order valence-electron chi connectivity index (χ4n) is 1.15. The molecular weight excluding hydrogens is 191 g/mol. The van der Waals surface area contributed by atoms with Crippen molar-refractivity contribution in [3.63, 3.8) is 0 Å². The molecule has 13 heavy (non-hydrogen) atoms. The Morgan fingerprint density at radius 3 is 2.46 bits per heavy atom. The number of alkyl halides is 1. The third kappa shape index (κ3) is 2.90. The first-order valence-electron chi connectivity index (χ1n) is 3.96. The van der Waals surface area contributed by atoms with Gasteiger partial charge in [0.2, 0.25) is 0 Å². The van der Waals surface area contributed by atoms with Crippen LogP contribution in [0, 0.1) is 0 Å². The standard InChI is InChI=1S/C9H11FO2S/c10-7-6-9(13(11)12)8-4-2-1-3-5-8/h1-5,9H,6-7H2,(H,11,12). The Morgan fingerprint density at radius 2 is 2.00 bits per heavy atom. The summed E-state index contributed by atoms with van der Waals surface area (Å²) < 4.78 is 31.8. The second kappa shape index (κ2) is 5.09. The maximum absolute atomic E-state index is 12.0. The van der Waals surface area contributed by atoms with Gasteiger partial charge in [0.15, 0.2) is 11.1 Å². The van der Waals surface area contributed by atoms with Crippen LogP contribution in [0.15, 0.2) is 30.3 Å². The predicted octanol–water partition coefficient (Wildman–Crippen LogP) is 2.31. The van der Waals surface area contributed by atoms with E-state index in [9.17, 15) is 8.60 Å². The number of hydrogen-bond acceptors (Lipinski definition) is 1. The molecule has 2 atom stereocenters. The zero-order valence-electron chi connectivity index (χ0n) is 7.02. The van der Waals surface area contributed by atoms with Crippen LogP contribution >= 0.6 is 0 Å². The molecule has 1 N–H and O–H groups in total. The zero-order chi connectivity index (χ0) is 9.68. The molecule has 0 aromatic heterocycles. The molecule has 0 spiro atoms. The smallest absolute Gasteiger partial charge is 0.160 e. The minimum absolute atomic E-state index is 0.0904. The van der Waals surface area contributed by atoms with E-state index >= 15 is 0 Å². The lowest BCUT2D eigenvalue weighted by atomic mass is 10.1. The van der Waals surface area contributed by atoms with E-state index in [-0.39, 0.29) is 6.42 Å². The van der Waals surface area contributed by atoms with E-state index in [1.54, 1.807) is 24.3 Å². The highest BCUT2D eigenvalue weighted by molar-refractivity contribution is 7.79. The van der Waals surface area contributed by atoms with Crippen molar-refractivity contribution in [2.45, 2.75) is 11.7 Å². The van der Waals surface area contributed by atoms with Gasteiger partial charge in [-0.3, -0.25) is 4.39 Å². The van der Waals surface area contributed by atoms with E-state index in [2.05, 4.69) is 0 Å². The lowest BCUT2D eigenvalue weighted by Crippen LogP contribution is -2.06. The molecule has 0 saturated carbocycles. The van der Waals surface area contributed by atoms with Crippen LogP contribution in [0.1, 0.15) is 17.2 Å². The van der Waals surface area contributed by atoms with E-state index < -0.39 is 23.0 Å². The summed E-state index contributed by atoms with van der Waals surface area (Å²) in [6.45, 7) is -0.578. The summed E-state index contributed by atoms with van der Waals surface area (Å²) in [5, 5.41) is -0.605. The number of hydrogen-bond donors (Lipinski definition) is 1. The van der Waals surface area contributed by atoms with Crippen LogP contribution < -0.4 is 0 Å². The molecule has 0 bridgehead atoms. The molecule has 72 valence electrons. The van der Waals surface area contributed by atoms with Crippen molar-refractivity contribution in [1.82, 2.24) is 0 Å². The third-order valence-electron chi connectivity index (χ3n) is 1.79. The van der Waals surface area contributed by atoms with Gasteiger partial charge in [0.05, 0.1) is 11.9 Å². The van der Waals surface area contributed by atoms with Gasteiger partial charge in [0.1, 0.15) is 0 Å². The van der Waals surface area contributed by atoms with E-state index in [0.717, 1.165) is 0 Å². The minimum Gasteiger partial charge on any atom is -0.306 e. The molecule has 0 aliphatic heterocycles. The van der Waals surface area contributed by atoms with Crippen LogP contribution in [0.25, 0.3) is 0 Å². The Kier molecular flexibility index (Phi) is 4.05. The number of halogens is 1. The summed E-state index contributed by atoms with van der Waals surface area (Å²) in [6.07, 6.45) is 0.0904. The van der Waals surface area contributed by atoms with Crippen LogP contribution in [0.5, 0.6) is 0 Å². The fourth-order valence-corrected chi connectivity index (χ4v) is 1.83. The maximum atomic E-state index is 12.0. The summed E-state index contributed by atoms with van der Waals surface area (Å²) in [7, 11) is 0. The average Bonchev–Trinajstić information content (AvgIpc) is 2.15. The van der Waals surface area contributed by atoms with E-state index in [1.807, 2.05) is 6.07 Å². The number of rotatable bonds is 4. The normalized spacial score (nSPS) is 15.2.